The molecule has 24 heavy (non-hydrogen) atoms. The Morgan fingerprint density at radius 2 is 2.12 bits per heavy atom. The maximum Gasteiger partial charge on any atom is 0.161 e. The minimum atomic E-state index is -0.366. The molecule has 1 unspecified atom stereocenters. The molecule has 0 radical (unpaired) electrons. The molecule has 0 saturated carbocycles. The van der Waals surface area contributed by atoms with E-state index in [4.69, 9.17) is 9.47 Å². The van der Waals surface area contributed by atoms with Crippen LogP contribution >= 0.6 is 0 Å². The summed E-state index contributed by atoms with van der Waals surface area (Å²) in [6.45, 7) is 2.74. The fourth-order valence-corrected chi connectivity index (χ4v) is 2.67. The van der Waals surface area contributed by atoms with Crippen LogP contribution in [0.15, 0.2) is 42.7 Å². The number of hydrogen-bond donors (Lipinski definition) is 0. The highest BCUT2D eigenvalue weighted by atomic mass is 19.1. The van der Waals surface area contributed by atoms with Gasteiger partial charge in [0.05, 0.1) is 24.6 Å². The van der Waals surface area contributed by atoms with E-state index in [-0.39, 0.29) is 11.9 Å². The number of pyridine rings is 1. The van der Waals surface area contributed by atoms with Gasteiger partial charge in [-0.1, -0.05) is 17.3 Å². The van der Waals surface area contributed by atoms with E-state index in [0.717, 1.165) is 11.5 Å². The molecular formula is C17H15FN4O2. The summed E-state index contributed by atoms with van der Waals surface area (Å²) in [5, 5.41) is 8.22. The van der Waals surface area contributed by atoms with Gasteiger partial charge in [0.15, 0.2) is 17.6 Å². The summed E-state index contributed by atoms with van der Waals surface area (Å²) in [4.78, 5) is 4.09. The third-order valence-electron chi connectivity index (χ3n) is 3.78. The summed E-state index contributed by atoms with van der Waals surface area (Å²) in [5.74, 6) is 1.11. The fourth-order valence-electron chi connectivity index (χ4n) is 2.67. The molecule has 0 fully saturated rings. The number of hydrogen-bond acceptors (Lipinski definition) is 5. The molecule has 7 heteroatoms. The Bertz CT molecular complexity index is 881. The Kier molecular flexibility index (Phi) is 3.60. The van der Waals surface area contributed by atoms with Crippen LogP contribution in [-0.2, 0) is 6.54 Å². The van der Waals surface area contributed by atoms with Crippen LogP contribution in [0.3, 0.4) is 0 Å². The summed E-state index contributed by atoms with van der Waals surface area (Å²) < 4.78 is 26.4. The van der Waals surface area contributed by atoms with E-state index in [0.29, 0.717) is 30.1 Å². The molecule has 6 nitrogen and oxygen atoms in total. The van der Waals surface area contributed by atoms with Crippen molar-refractivity contribution in [3.8, 4) is 22.9 Å². The first-order chi connectivity index (χ1) is 11.7. The molecule has 2 aromatic heterocycles. The molecule has 4 rings (SSSR count). The smallest absolute Gasteiger partial charge is 0.161 e. The summed E-state index contributed by atoms with van der Waals surface area (Å²) in [6, 6.07) is 8.99. The van der Waals surface area contributed by atoms with Crippen molar-refractivity contribution in [2.75, 3.05) is 6.61 Å². The second-order valence-electron chi connectivity index (χ2n) is 5.64. The standard InChI is InChI=1S/C17H15FN4O2/c1-11-6-12(18)7-19-17(11)14-9-22(21-20-14)8-13-10-23-15-4-2-3-5-16(15)24-13/h2-7,9,13H,8,10H2,1H3. The van der Waals surface area contributed by atoms with Crippen LogP contribution in [0.4, 0.5) is 4.39 Å². The number of benzene rings is 1. The molecule has 3 aromatic rings. The number of fused-ring (bicyclic) bond motifs is 1. The van der Waals surface area contributed by atoms with Crippen LogP contribution in [0.25, 0.3) is 11.4 Å². The van der Waals surface area contributed by atoms with Crippen molar-refractivity contribution in [1.29, 1.82) is 0 Å². The zero-order valence-corrected chi connectivity index (χ0v) is 13.0. The monoisotopic (exact) mass is 326 g/mol. The molecular weight excluding hydrogens is 311 g/mol. The Hall–Kier alpha value is -2.96. The first-order valence-electron chi connectivity index (χ1n) is 7.60. The molecule has 0 saturated heterocycles. The van der Waals surface area contributed by atoms with Gasteiger partial charge in [-0.25, -0.2) is 9.07 Å². The van der Waals surface area contributed by atoms with Gasteiger partial charge in [0.25, 0.3) is 0 Å². The molecule has 0 amide bonds. The number of aromatic nitrogens is 4. The van der Waals surface area contributed by atoms with Crippen molar-refractivity contribution in [2.45, 2.75) is 19.6 Å². The highest BCUT2D eigenvalue weighted by Crippen LogP contribution is 2.31. The van der Waals surface area contributed by atoms with E-state index in [1.165, 1.54) is 12.3 Å². The molecule has 1 aliphatic heterocycles. The molecule has 0 aliphatic carbocycles. The number of nitrogens with zero attached hydrogens (tertiary/aromatic N) is 4. The van der Waals surface area contributed by atoms with Crippen LogP contribution in [0.5, 0.6) is 11.5 Å². The van der Waals surface area contributed by atoms with E-state index < -0.39 is 0 Å². The van der Waals surface area contributed by atoms with Crippen LogP contribution in [0.1, 0.15) is 5.56 Å². The van der Waals surface area contributed by atoms with E-state index in [9.17, 15) is 4.39 Å². The molecule has 0 spiro atoms. The molecule has 1 aromatic carbocycles. The molecule has 1 atom stereocenters. The second kappa shape index (κ2) is 5.92. The zero-order valence-electron chi connectivity index (χ0n) is 13.0. The molecule has 122 valence electrons. The largest absolute Gasteiger partial charge is 0.486 e. The Morgan fingerprint density at radius 1 is 1.29 bits per heavy atom. The topological polar surface area (TPSA) is 62.1 Å². The highest BCUT2D eigenvalue weighted by Gasteiger charge is 2.21. The average molecular weight is 326 g/mol. The Labute approximate surface area is 137 Å². The van der Waals surface area contributed by atoms with Crippen LogP contribution < -0.4 is 9.47 Å². The van der Waals surface area contributed by atoms with Crippen molar-refractivity contribution < 1.29 is 13.9 Å². The van der Waals surface area contributed by atoms with Crippen molar-refractivity contribution in [2.24, 2.45) is 0 Å². The maximum atomic E-state index is 13.2. The maximum absolute atomic E-state index is 13.2. The van der Waals surface area contributed by atoms with Gasteiger partial charge in [-0.3, -0.25) is 4.98 Å². The lowest BCUT2D eigenvalue weighted by Crippen LogP contribution is -2.33. The number of aryl methyl sites for hydroxylation is 1. The van der Waals surface area contributed by atoms with E-state index >= 15 is 0 Å². The summed E-state index contributed by atoms with van der Waals surface area (Å²) in [6.07, 6.45) is 2.80. The van der Waals surface area contributed by atoms with Crippen LogP contribution in [0.2, 0.25) is 0 Å². The van der Waals surface area contributed by atoms with Gasteiger partial charge in [-0.2, -0.15) is 0 Å². The first-order valence-corrected chi connectivity index (χ1v) is 7.60. The predicted octanol–water partition coefficient (Wildman–Crippen LogP) is 2.63. The number of rotatable bonds is 3. The summed E-state index contributed by atoms with van der Waals surface area (Å²) >= 11 is 0. The van der Waals surface area contributed by atoms with Gasteiger partial charge in [0, 0.05) is 0 Å². The van der Waals surface area contributed by atoms with Crippen LogP contribution in [0, 0.1) is 12.7 Å². The van der Waals surface area contributed by atoms with Crippen molar-refractivity contribution >= 4 is 0 Å². The summed E-state index contributed by atoms with van der Waals surface area (Å²) in [5.41, 5.74) is 1.94. The van der Waals surface area contributed by atoms with Gasteiger partial charge in [0.2, 0.25) is 0 Å². The van der Waals surface area contributed by atoms with Gasteiger partial charge in [0.1, 0.15) is 18.1 Å². The normalized spacial score (nSPS) is 16.2. The summed E-state index contributed by atoms with van der Waals surface area (Å²) in [7, 11) is 0. The van der Waals surface area contributed by atoms with Gasteiger partial charge < -0.3 is 9.47 Å². The Morgan fingerprint density at radius 3 is 2.96 bits per heavy atom. The minimum Gasteiger partial charge on any atom is -0.486 e. The molecule has 0 N–H and O–H groups in total. The lowest BCUT2D eigenvalue weighted by molar-refractivity contribution is 0.0755. The molecule has 1 aliphatic rings. The fraction of sp³-hybridized carbons (Fsp3) is 0.235. The minimum absolute atomic E-state index is 0.156. The van der Waals surface area contributed by atoms with Gasteiger partial charge >= 0.3 is 0 Å². The second-order valence-corrected chi connectivity index (χ2v) is 5.64. The van der Waals surface area contributed by atoms with E-state index in [1.807, 2.05) is 24.3 Å². The predicted molar refractivity (Wildman–Crippen MR) is 84.3 cm³/mol. The first kappa shape index (κ1) is 14.6. The SMILES string of the molecule is Cc1cc(F)cnc1-c1cn(CC2COc3ccccc3O2)nn1. The third-order valence-corrected chi connectivity index (χ3v) is 3.78. The Balaban J connectivity index is 1.50. The number of ether oxygens (including phenoxy) is 2. The number of halogens is 1. The van der Waals surface area contributed by atoms with Gasteiger partial charge in [-0.15, -0.1) is 5.10 Å². The van der Waals surface area contributed by atoms with E-state index in [1.54, 1.807) is 17.8 Å². The van der Waals surface area contributed by atoms with Crippen molar-refractivity contribution in [1.82, 2.24) is 20.0 Å². The number of para-hydroxylation sites is 2. The lowest BCUT2D eigenvalue weighted by atomic mass is 10.2. The molecule has 0 bridgehead atoms. The third kappa shape index (κ3) is 2.80. The average Bonchev–Trinajstić information content (AvgIpc) is 3.03. The quantitative estimate of drug-likeness (QED) is 0.740. The van der Waals surface area contributed by atoms with Crippen LogP contribution in [-0.4, -0.2) is 32.7 Å². The lowest BCUT2D eigenvalue weighted by Gasteiger charge is -2.26. The van der Waals surface area contributed by atoms with Crippen molar-refractivity contribution in [3.05, 3.63) is 54.1 Å². The van der Waals surface area contributed by atoms with Crippen molar-refractivity contribution in [3.63, 3.8) is 0 Å². The zero-order chi connectivity index (χ0) is 16.5. The van der Waals surface area contributed by atoms with E-state index in [2.05, 4.69) is 15.3 Å². The van der Waals surface area contributed by atoms with Gasteiger partial charge in [-0.05, 0) is 30.7 Å². The molecule has 3 heterocycles. The highest BCUT2D eigenvalue weighted by molar-refractivity contribution is 5.56.